The summed E-state index contributed by atoms with van der Waals surface area (Å²) in [7, 11) is 0. The molecule has 0 amide bonds. The van der Waals surface area contributed by atoms with E-state index in [9.17, 15) is 8.78 Å². The number of rotatable bonds is 2. The Morgan fingerprint density at radius 2 is 1.82 bits per heavy atom. The Morgan fingerprint density at radius 1 is 1.18 bits per heavy atom. The third kappa shape index (κ3) is 2.45. The summed E-state index contributed by atoms with van der Waals surface area (Å²) in [6.07, 6.45) is 3.17. The van der Waals surface area contributed by atoms with Crippen LogP contribution in [0.25, 0.3) is 0 Å². The van der Waals surface area contributed by atoms with Crippen LogP contribution < -0.4 is 5.73 Å². The molecule has 0 radical (unpaired) electrons. The molecule has 2 aromatic rings. The van der Waals surface area contributed by atoms with E-state index in [1.54, 1.807) is 12.4 Å². The smallest absolute Gasteiger partial charge is 0.149 e. The fraction of sp³-hybridized carbons (Fsp3) is 0.167. The number of halogens is 2. The van der Waals surface area contributed by atoms with Gasteiger partial charge in [-0.15, -0.1) is 0 Å². The van der Waals surface area contributed by atoms with Crippen molar-refractivity contribution in [2.45, 2.75) is 13.0 Å². The Bertz CT molecular complexity index is 526. The van der Waals surface area contributed by atoms with Gasteiger partial charge in [-0.05, 0) is 30.7 Å². The number of nitrogens with zero attached hydrogens (tertiary/aromatic N) is 2. The van der Waals surface area contributed by atoms with Crippen molar-refractivity contribution in [3.8, 4) is 0 Å². The second-order valence-electron chi connectivity index (χ2n) is 3.76. The molecule has 1 atom stereocenters. The van der Waals surface area contributed by atoms with Gasteiger partial charge in [0.1, 0.15) is 17.5 Å². The molecule has 0 aliphatic heterocycles. The van der Waals surface area contributed by atoms with Crippen molar-refractivity contribution >= 4 is 0 Å². The number of aromatic nitrogens is 2. The molecule has 0 spiro atoms. The van der Waals surface area contributed by atoms with Crippen LogP contribution in [0, 0.1) is 18.6 Å². The van der Waals surface area contributed by atoms with Gasteiger partial charge in [-0.2, -0.15) is 0 Å². The first-order chi connectivity index (χ1) is 8.08. The van der Waals surface area contributed by atoms with E-state index in [4.69, 9.17) is 5.73 Å². The molecule has 0 aliphatic carbocycles. The van der Waals surface area contributed by atoms with Crippen molar-refractivity contribution in [1.82, 2.24) is 9.97 Å². The topological polar surface area (TPSA) is 51.8 Å². The standard InChI is InChI=1S/C12H11F2N3/c1-7-5-16-12(17-6-7)11(15)9-4-8(13)2-3-10(9)14/h2-6,11H,15H2,1H3. The summed E-state index contributed by atoms with van der Waals surface area (Å²) in [6, 6.07) is 2.27. The monoisotopic (exact) mass is 235 g/mol. The van der Waals surface area contributed by atoms with Gasteiger partial charge in [0, 0.05) is 18.0 Å². The molecule has 1 aromatic carbocycles. The molecule has 0 saturated heterocycles. The third-order valence-corrected chi connectivity index (χ3v) is 2.37. The van der Waals surface area contributed by atoms with Gasteiger partial charge in [-0.1, -0.05) is 0 Å². The lowest BCUT2D eigenvalue weighted by Crippen LogP contribution is -2.17. The predicted octanol–water partition coefficient (Wildman–Crippen LogP) is 2.11. The van der Waals surface area contributed by atoms with Crippen molar-refractivity contribution < 1.29 is 8.78 Å². The molecule has 2 rings (SSSR count). The van der Waals surface area contributed by atoms with E-state index >= 15 is 0 Å². The van der Waals surface area contributed by atoms with E-state index < -0.39 is 17.7 Å². The Balaban J connectivity index is 2.39. The summed E-state index contributed by atoms with van der Waals surface area (Å²) in [5, 5.41) is 0. The molecule has 0 fully saturated rings. The summed E-state index contributed by atoms with van der Waals surface area (Å²) < 4.78 is 26.5. The molecule has 5 heteroatoms. The van der Waals surface area contributed by atoms with Gasteiger partial charge >= 0.3 is 0 Å². The molecule has 0 aliphatic rings. The van der Waals surface area contributed by atoms with Gasteiger partial charge in [0.2, 0.25) is 0 Å². The third-order valence-electron chi connectivity index (χ3n) is 2.37. The minimum Gasteiger partial charge on any atom is -0.318 e. The molecule has 88 valence electrons. The van der Waals surface area contributed by atoms with E-state index in [1.807, 2.05) is 6.92 Å². The highest BCUT2D eigenvalue weighted by atomic mass is 19.1. The van der Waals surface area contributed by atoms with E-state index in [0.29, 0.717) is 0 Å². The van der Waals surface area contributed by atoms with E-state index in [-0.39, 0.29) is 11.4 Å². The van der Waals surface area contributed by atoms with Crippen LogP contribution in [-0.2, 0) is 0 Å². The lowest BCUT2D eigenvalue weighted by Gasteiger charge is -2.11. The molecule has 3 nitrogen and oxygen atoms in total. The van der Waals surface area contributed by atoms with Gasteiger partial charge in [-0.3, -0.25) is 0 Å². The summed E-state index contributed by atoms with van der Waals surface area (Å²) in [6.45, 7) is 1.83. The zero-order valence-corrected chi connectivity index (χ0v) is 9.19. The van der Waals surface area contributed by atoms with Gasteiger partial charge < -0.3 is 5.73 Å². The normalized spacial score (nSPS) is 12.5. The number of benzene rings is 1. The number of hydrogen-bond acceptors (Lipinski definition) is 3. The van der Waals surface area contributed by atoms with Crippen LogP contribution in [0.15, 0.2) is 30.6 Å². The fourth-order valence-corrected chi connectivity index (χ4v) is 1.46. The predicted molar refractivity (Wildman–Crippen MR) is 59.2 cm³/mol. The highest BCUT2D eigenvalue weighted by molar-refractivity contribution is 5.26. The zero-order chi connectivity index (χ0) is 12.4. The average molecular weight is 235 g/mol. The fourth-order valence-electron chi connectivity index (χ4n) is 1.46. The van der Waals surface area contributed by atoms with Crippen molar-refractivity contribution in [3.05, 3.63) is 59.2 Å². The van der Waals surface area contributed by atoms with Crippen LogP contribution in [-0.4, -0.2) is 9.97 Å². The second kappa shape index (κ2) is 4.55. The molecule has 1 unspecified atom stereocenters. The first-order valence-electron chi connectivity index (χ1n) is 5.07. The van der Waals surface area contributed by atoms with Crippen molar-refractivity contribution in [1.29, 1.82) is 0 Å². The van der Waals surface area contributed by atoms with E-state index in [2.05, 4.69) is 9.97 Å². The summed E-state index contributed by atoms with van der Waals surface area (Å²) in [4.78, 5) is 8.00. The molecule has 17 heavy (non-hydrogen) atoms. The van der Waals surface area contributed by atoms with Gasteiger partial charge in [-0.25, -0.2) is 18.7 Å². The molecular formula is C12H11F2N3. The number of aryl methyl sites for hydroxylation is 1. The average Bonchev–Trinajstić information content (AvgIpc) is 2.32. The van der Waals surface area contributed by atoms with E-state index in [0.717, 1.165) is 23.8 Å². The summed E-state index contributed by atoms with van der Waals surface area (Å²) >= 11 is 0. The second-order valence-corrected chi connectivity index (χ2v) is 3.76. The lowest BCUT2D eigenvalue weighted by molar-refractivity contribution is 0.572. The van der Waals surface area contributed by atoms with Crippen LogP contribution in [0.4, 0.5) is 8.78 Å². The zero-order valence-electron chi connectivity index (χ0n) is 9.19. The van der Waals surface area contributed by atoms with Crippen molar-refractivity contribution in [2.75, 3.05) is 0 Å². The molecule has 2 N–H and O–H groups in total. The van der Waals surface area contributed by atoms with E-state index in [1.165, 1.54) is 0 Å². The van der Waals surface area contributed by atoms with Crippen molar-refractivity contribution in [3.63, 3.8) is 0 Å². The minimum absolute atomic E-state index is 0.0499. The van der Waals surface area contributed by atoms with Gasteiger partial charge in [0.15, 0.2) is 0 Å². The minimum atomic E-state index is -0.869. The molecule has 0 saturated carbocycles. The highest BCUT2D eigenvalue weighted by Crippen LogP contribution is 2.20. The number of nitrogens with two attached hydrogens (primary N) is 1. The first kappa shape index (κ1) is 11.6. The van der Waals surface area contributed by atoms with Crippen LogP contribution in [0.3, 0.4) is 0 Å². The molecule has 1 heterocycles. The first-order valence-corrected chi connectivity index (χ1v) is 5.07. The lowest BCUT2D eigenvalue weighted by atomic mass is 10.1. The number of hydrogen-bond donors (Lipinski definition) is 1. The van der Waals surface area contributed by atoms with Gasteiger partial charge in [0.25, 0.3) is 0 Å². The SMILES string of the molecule is Cc1cnc(C(N)c2cc(F)ccc2F)nc1. The molecular weight excluding hydrogens is 224 g/mol. The molecule has 0 bridgehead atoms. The Labute approximate surface area is 97.3 Å². The Kier molecular flexibility index (Phi) is 3.10. The molecule has 1 aromatic heterocycles. The van der Waals surface area contributed by atoms with Crippen LogP contribution in [0.5, 0.6) is 0 Å². The summed E-state index contributed by atoms with van der Waals surface area (Å²) in [5.74, 6) is -0.841. The Morgan fingerprint density at radius 3 is 2.47 bits per heavy atom. The van der Waals surface area contributed by atoms with Crippen LogP contribution in [0.1, 0.15) is 23.0 Å². The highest BCUT2D eigenvalue weighted by Gasteiger charge is 2.16. The maximum Gasteiger partial charge on any atom is 0.149 e. The quantitative estimate of drug-likeness (QED) is 0.867. The van der Waals surface area contributed by atoms with Gasteiger partial charge in [0.05, 0.1) is 6.04 Å². The van der Waals surface area contributed by atoms with Crippen LogP contribution in [0.2, 0.25) is 0 Å². The van der Waals surface area contributed by atoms with Crippen molar-refractivity contribution in [2.24, 2.45) is 5.73 Å². The summed E-state index contributed by atoms with van der Waals surface area (Å²) in [5.41, 5.74) is 6.73. The largest absolute Gasteiger partial charge is 0.318 e. The Hall–Kier alpha value is -1.88. The maximum atomic E-state index is 13.5. The van der Waals surface area contributed by atoms with Crippen LogP contribution >= 0.6 is 0 Å². The maximum absolute atomic E-state index is 13.5.